The highest BCUT2D eigenvalue weighted by molar-refractivity contribution is 5.94. The van der Waals surface area contributed by atoms with Gasteiger partial charge in [0.2, 0.25) is 17.7 Å². The molecule has 1 aromatic rings. The largest absolute Gasteiger partial charge is 0.366 e. The maximum Gasteiger partial charge on any atom is 0.248 e. The fourth-order valence-corrected chi connectivity index (χ4v) is 3.13. The van der Waals surface area contributed by atoms with Crippen molar-refractivity contribution < 1.29 is 14.4 Å². The van der Waals surface area contributed by atoms with E-state index in [0.29, 0.717) is 38.0 Å². The van der Waals surface area contributed by atoms with Crippen molar-refractivity contribution in [1.82, 2.24) is 10.2 Å². The molecule has 1 fully saturated rings. The van der Waals surface area contributed by atoms with E-state index in [4.69, 9.17) is 11.5 Å². The lowest BCUT2D eigenvalue weighted by molar-refractivity contribution is -0.138. The third-order valence-corrected chi connectivity index (χ3v) is 4.45. The number of hydrogen-bond donors (Lipinski definition) is 3. The standard InChI is InChI=1S/C18H26N4O3/c19-10-4-11-21-18(25)15-7-3-12-22(15)16(23)9-8-13-5-1-2-6-14(13)17(20)24/h1-2,5-6,15H,3-4,7-12,19H2,(H2,20,24)(H,21,25). The summed E-state index contributed by atoms with van der Waals surface area (Å²) in [7, 11) is 0. The molecule has 1 atom stereocenters. The number of likely N-dealkylation sites (tertiary alicyclic amines) is 1. The molecule has 7 nitrogen and oxygen atoms in total. The lowest BCUT2D eigenvalue weighted by Crippen LogP contribution is -2.46. The minimum absolute atomic E-state index is 0.0734. The lowest BCUT2D eigenvalue weighted by Gasteiger charge is -2.24. The van der Waals surface area contributed by atoms with Crippen molar-refractivity contribution in [2.45, 2.75) is 38.1 Å². The first-order chi connectivity index (χ1) is 12.0. The monoisotopic (exact) mass is 346 g/mol. The summed E-state index contributed by atoms with van der Waals surface area (Å²) in [6.07, 6.45) is 2.89. The van der Waals surface area contributed by atoms with Gasteiger partial charge in [0.15, 0.2) is 0 Å². The highest BCUT2D eigenvalue weighted by Crippen LogP contribution is 2.20. The van der Waals surface area contributed by atoms with Gasteiger partial charge in [0.05, 0.1) is 0 Å². The minimum Gasteiger partial charge on any atom is -0.366 e. The Balaban J connectivity index is 1.93. The predicted octanol–water partition coefficient (Wildman–Crippen LogP) is 0.174. The number of carbonyl (C=O) groups is 3. The summed E-state index contributed by atoms with van der Waals surface area (Å²) in [5, 5.41) is 2.83. The number of rotatable bonds is 8. The Bertz CT molecular complexity index is 633. The number of nitrogens with one attached hydrogen (secondary N) is 1. The van der Waals surface area contributed by atoms with E-state index in [1.807, 2.05) is 6.07 Å². The van der Waals surface area contributed by atoms with Crippen molar-refractivity contribution in [3.05, 3.63) is 35.4 Å². The molecule has 0 radical (unpaired) electrons. The molecular weight excluding hydrogens is 320 g/mol. The third kappa shape index (κ3) is 5.03. The topological polar surface area (TPSA) is 119 Å². The van der Waals surface area contributed by atoms with Crippen LogP contribution in [0.25, 0.3) is 0 Å². The van der Waals surface area contributed by atoms with Crippen LogP contribution in [-0.4, -0.2) is 48.3 Å². The van der Waals surface area contributed by atoms with E-state index in [2.05, 4.69) is 5.32 Å². The van der Waals surface area contributed by atoms with Crippen molar-refractivity contribution >= 4 is 17.7 Å². The van der Waals surface area contributed by atoms with Crippen molar-refractivity contribution in [1.29, 1.82) is 0 Å². The average molecular weight is 346 g/mol. The molecule has 7 heteroatoms. The Hall–Kier alpha value is -2.41. The van der Waals surface area contributed by atoms with Gasteiger partial charge in [-0.05, 0) is 43.9 Å². The van der Waals surface area contributed by atoms with E-state index in [-0.39, 0.29) is 18.2 Å². The van der Waals surface area contributed by atoms with Gasteiger partial charge in [0.1, 0.15) is 6.04 Å². The van der Waals surface area contributed by atoms with Crippen LogP contribution < -0.4 is 16.8 Å². The predicted molar refractivity (Wildman–Crippen MR) is 94.7 cm³/mol. The zero-order valence-corrected chi connectivity index (χ0v) is 14.4. The van der Waals surface area contributed by atoms with Crippen LogP contribution in [0.2, 0.25) is 0 Å². The Morgan fingerprint density at radius 2 is 2.00 bits per heavy atom. The highest BCUT2D eigenvalue weighted by Gasteiger charge is 2.33. The molecule has 1 aromatic carbocycles. The average Bonchev–Trinajstić information content (AvgIpc) is 3.10. The second-order valence-corrected chi connectivity index (χ2v) is 6.20. The Kier molecular flexibility index (Phi) is 6.94. The smallest absolute Gasteiger partial charge is 0.248 e. The summed E-state index contributed by atoms with van der Waals surface area (Å²) in [5.74, 6) is -0.686. The molecule has 0 saturated carbocycles. The van der Waals surface area contributed by atoms with Crippen molar-refractivity contribution in [2.75, 3.05) is 19.6 Å². The molecule has 0 spiro atoms. The van der Waals surface area contributed by atoms with E-state index in [1.165, 1.54) is 0 Å². The number of primary amides is 1. The first-order valence-electron chi connectivity index (χ1n) is 8.69. The van der Waals surface area contributed by atoms with Gasteiger partial charge >= 0.3 is 0 Å². The van der Waals surface area contributed by atoms with E-state index in [9.17, 15) is 14.4 Å². The lowest BCUT2D eigenvalue weighted by atomic mass is 10.0. The number of benzene rings is 1. The van der Waals surface area contributed by atoms with Gasteiger partial charge in [-0.3, -0.25) is 14.4 Å². The molecular formula is C18H26N4O3. The van der Waals surface area contributed by atoms with E-state index >= 15 is 0 Å². The first kappa shape index (κ1) is 18.9. The second-order valence-electron chi connectivity index (χ2n) is 6.20. The summed E-state index contributed by atoms with van der Waals surface area (Å²) in [6.45, 7) is 1.64. The normalized spacial score (nSPS) is 16.7. The van der Waals surface area contributed by atoms with E-state index < -0.39 is 11.9 Å². The molecule has 1 unspecified atom stereocenters. The summed E-state index contributed by atoms with van der Waals surface area (Å²) in [6, 6.07) is 6.61. The summed E-state index contributed by atoms with van der Waals surface area (Å²) in [4.78, 5) is 37.9. The van der Waals surface area contributed by atoms with Crippen LogP contribution in [0.1, 0.15) is 41.6 Å². The number of amides is 3. The molecule has 1 saturated heterocycles. The molecule has 0 aromatic heterocycles. The van der Waals surface area contributed by atoms with Crippen LogP contribution in [-0.2, 0) is 16.0 Å². The van der Waals surface area contributed by atoms with Gasteiger partial charge in [-0.2, -0.15) is 0 Å². The van der Waals surface area contributed by atoms with Crippen LogP contribution in [0.15, 0.2) is 24.3 Å². The zero-order chi connectivity index (χ0) is 18.2. The molecule has 1 heterocycles. The van der Waals surface area contributed by atoms with Gasteiger partial charge in [-0.15, -0.1) is 0 Å². The molecule has 25 heavy (non-hydrogen) atoms. The van der Waals surface area contributed by atoms with Crippen LogP contribution in [0, 0.1) is 0 Å². The molecule has 136 valence electrons. The first-order valence-corrected chi connectivity index (χ1v) is 8.69. The number of aryl methyl sites for hydroxylation is 1. The summed E-state index contributed by atoms with van der Waals surface area (Å²) >= 11 is 0. The maximum atomic E-state index is 12.6. The highest BCUT2D eigenvalue weighted by atomic mass is 16.2. The number of nitrogens with two attached hydrogens (primary N) is 2. The quantitative estimate of drug-likeness (QED) is 0.582. The summed E-state index contributed by atoms with van der Waals surface area (Å²) in [5.41, 5.74) is 12.0. The SMILES string of the molecule is NCCCNC(=O)C1CCCN1C(=O)CCc1ccccc1C(N)=O. The van der Waals surface area contributed by atoms with Gasteiger partial charge < -0.3 is 21.7 Å². The number of nitrogens with zero attached hydrogens (tertiary/aromatic N) is 1. The Labute approximate surface area is 147 Å². The zero-order valence-electron chi connectivity index (χ0n) is 14.4. The number of carbonyl (C=O) groups excluding carboxylic acids is 3. The van der Waals surface area contributed by atoms with E-state index in [1.54, 1.807) is 23.1 Å². The van der Waals surface area contributed by atoms with Gasteiger partial charge in [-0.1, -0.05) is 18.2 Å². The summed E-state index contributed by atoms with van der Waals surface area (Å²) < 4.78 is 0. The fraction of sp³-hybridized carbons (Fsp3) is 0.500. The van der Waals surface area contributed by atoms with Gasteiger partial charge in [-0.25, -0.2) is 0 Å². The van der Waals surface area contributed by atoms with Gasteiger partial charge in [0.25, 0.3) is 0 Å². The minimum atomic E-state index is -0.499. The van der Waals surface area contributed by atoms with Gasteiger partial charge in [0, 0.05) is 25.1 Å². The van der Waals surface area contributed by atoms with Crippen molar-refractivity contribution in [3.8, 4) is 0 Å². The van der Waals surface area contributed by atoms with Crippen LogP contribution >= 0.6 is 0 Å². The fourth-order valence-electron chi connectivity index (χ4n) is 3.13. The molecule has 3 amide bonds. The molecule has 1 aliphatic heterocycles. The molecule has 5 N–H and O–H groups in total. The van der Waals surface area contributed by atoms with Crippen LogP contribution in [0.3, 0.4) is 0 Å². The molecule has 1 aliphatic rings. The molecule has 2 rings (SSSR count). The Morgan fingerprint density at radius 1 is 1.24 bits per heavy atom. The van der Waals surface area contributed by atoms with Crippen molar-refractivity contribution in [3.63, 3.8) is 0 Å². The van der Waals surface area contributed by atoms with Crippen molar-refractivity contribution in [2.24, 2.45) is 11.5 Å². The Morgan fingerprint density at radius 3 is 2.72 bits per heavy atom. The molecule has 0 bridgehead atoms. The third-order valence-electron chi connectivity index (χ3n) is 4.45. The van der Waals surface area contributed by atoms with Crippen LogP contribution in [0.4, 0.5) is 0 Å². The number of hydrogen-bond acceptors (Lipinski definition) is 4. The van der Waals surface area contributed by atoms with Crippen LogP contribution in [0.5, 0.6) is 0 Å². The van der Waals surface area contributed by atoms with E-state index in [0.717, 1.165) is 18.4 Å². The molecule has 0 aliphatic carbocycles. The maximum absolute atomic E-state index is 12.6. The second kappa shape index (κ2) is 9.17.